The number of fused-ring (bicyclic) bond motifs is 1. The summed E-state index contributed by atoms with van der Waals surface area (Å²) < 4.78 is 0. The number of aryl methyl sites for hydroxylation is 1. The molecule has 0 radical (unpaired) electrons. The molecule has 2 N–H and O–H groups in total. The summed E-state index contributed by atoms with van der Waals surface area (Å²) in [5.41, 5.74) is 4.70. The van der Waals surface area contributed by atoms with Crippen molar-refractivity contribution in [2.24, 2.45) is 21.8 Å². The first-order chi connectivity index (χ1) is 26.7. The highest BCUT2D eigenvalue weighted by Gasteiger charge is 2.23. The fourth-order valence-electron chi connectivity index (χ4n) is 6.17. The van der Waals surface area contributed by atoms with Gasteiger partial charge >= 0.3 is 0 Å². The van der Waals surface area contributed by atoms with Gasteiger partial charge in [0.25, 0.3) is 0 Å². The molecule has 314 valence electrons. The van der Waals surface area contributed by atoms with E-state index in [1.54, 1.807) is 0 Å². The molecule has 5 nitrogen and oxygen atoms in total. The Morgan fingerprint density at radius 2 is 1.47 bits per heavy atom. The number of allylic oxidation sites excluding steroid dienone is 3. The van der Waals surface area contributed by atoms with E-state index < -0.39 is 0 Å². The van der Waals surface area contributed by atoms with E-state index in [1.807, 2.05) is 99.8 Å². The Hall–Kier alpha value is -2.89. The second-order valence-corrected chi connectivity index (χ2v) is 14.2. The van der Waals surface area contributed by atoms with Crippen molar-refractivity contribution in [3.63, 3.8) is 0 Å². The summed E-state index contributed by atoms with van der Waals surface area (Å²) in [5.74, 6) is 3.86. The Bertz CT molecular complexity index is 1300. The number of hydrogen-bond acceptors (Lipinski definition) is 5. The third-order valence-corrected chi connectivity index (χ3v) is 9.63. The van der Waals surface area contributed by atoms with Crippen LogP contribution in [0.2, 0.25) is 5.02 Å². The maximum atomic E-state index is 6.13. The number of rotatable bonds is 15. The van der Waals surface area contributed by atoms with Crippen LogP contribution < -0.4 is 10.6 Å². The van der Waals surface area contributed by atoms with Gasteiger partial charge in [-0.15, -0.1) is 0 Å². The molecule has 3 atom stereocenters. The van der Waals surface area contributed by atoms with Crippen molar-refractivity contribution < 1.29 is 0 Å². The van der Waals surface area contributed by atoms with Gasteiger partial charge in [0.1, 0.15) is 11.7 Å². The minimum Gasteiger partial charge on any atom is -0.380 e. The number of aliphatic imine (C=N–C) groups is 2. The van der Waals surface area contributed by atoms with Crippen molar-refractivity contribution in [3.05, 3.63) is 88.5 Å². The van der Waals surface area contributed by atoms with Gasteiger partial charge < -0.3 is 15.5 Å². The molecule has 1 aliphatic heterocycles. The quantitative estimate of drug-likeness (QED) is 0.140. The van der Waals surface area contributed by atoms with Crippen LogP contribution in [-0.4, -0.2) is 49.8 Å². The van der Waals surface area contributed by atoms with Gasteiger partial charge in [0, 0.05) is 26.2 Å². The first-order valence-corrected chi connectivity index (χ1v) is 22.5. The van der Waals surface area contributed by atoms with E-state index in [9.17, 15) is 0 Å². The Labute approximate surface area is 347 Å². The van der Waals surface area contributed by atoms with Gasteiger partial charge in [-0.3, -0.25) is 4.99 Å². The van der Waals surface area contributed by atoms with Crippen LogP contribution in [0, 0.1) is 18.8 Å². The molecule has 0 amide bonds. The summed E-state index contributed by atoms with van der Waals surface area (Å²) >= 11 is 6.13. The summed E-state index contributed by atoms with van der Waals surface area (Å²) in [6, 6.07) is 16.6. The number of unbranched alkanes of at least 4 members (excludes halogenated alkanes) is 1. The molecule has 55 heavy (non-hydrogen) atoms. The van der Waals surface area contributed by atoms with E-state index in [1.165, 1.54) is 81.2 Å². The fourth-order valence-corrected chi connectivity index (χ4v) is 6.47. The molecule has 6 heteroatoms. The third-order valence-electron chi connectivity index (χ3n) is 9.31. The zero-order valence-electron chi connectivity index (χ0n) is 38.2. The van der Waals surface area contributed by atoms with E-state index in [-0.39, 0.29) is 0 Å². The monoisotopic (exact) mass is 780 g/mol. The van der Waals surface area contributed by atoms with E-state index in [4.69, 9.17) is 11.6 Å². The topological polar surface area (TPSA) is 52.0 Å². The average Bonchev–Trinajstić information content (AvgIpc) is 3.20. The molecule has 0 bridgehead atoms. The van der Waals surface area contributed by atoms with Crippen LogP contribution in [0.5, 0.6) is 0 Å². The van der Waals surface area contributed by atoms with Crippen LogP contribution >= 0.6 is 11.6 Å². The van der Waals surface area contributed by atoms with Crippen molar-refractivity contribution in [1.82, 2.24) is 10.2 Å². The Balaban J connectivity index is 0. The lowest BCUT2D eigenvalue weighted by molar-refractivity contribution is 0.345. The number of nitrogens with zero attached hydrogens (tertiary/aromatic N) is 3. The lowest BCUT2D eigenvalue weighted by atomic mass is 9.89. The van der Waals surface area contributed by atoms with Crippen LogP contribution in [0.25, 0.3) is 0 Å². The average molecular weight is 781 g/mol. The molecule has 0 fully saturated rings. The number of anilines is 1. The predicted molar refractivity (Wildman–Crippen MR) is 253 cm³/mol. The molecule has 0 saturated heterocycles. The second kappa shape index (κ2) is 36.7. The standard InChI is InChI=1S/C16H35N.C14H14ClN.C13H19N3.3C2H6/c1-5-9-10-15(7-3)11-12-16(8-4)14-17-13-6-2;1-11-7-8-14(13(15)9-11)16-10-12-5-3-2-4-6-12;1-10-14-12-9-7-5-4-6-8-11(12)13(15-10)16(2)3;3*1-2/h15-17H,5-14H2,1-4H3;2-9,16H,10H2,1H3;4-5,8,12H,6-7,9H2,1-3H3;3*1-2H3/b;;5-4-,11-8+;;;. The third kappa shape index (κ3) is 25.1. The minimum atomic E-state index is 0.305. The highest BCUT2D eigenvalue weighted by atomic mass is 35.5. The number of likely N-dealkylation sites (N-methyl/N-ethyl adjacent to an activating group) is 1. The first-order valence-electron chi connectivity index (χ1n) is 22.1. The van der Waals surface area contributed by atoms with Gasteiger partial charge in [-0.1, -0.05) is 174 Å². The zero-order chi connectivity index (χ0) is 41.9. The fraction of sp³-hybridized carbons (Fsp3) is 0.633. The van der Waals surface area contributed by atoms with Gasteiger partial charge in [0.2, 0.25) is 0 Å². The maximum Gasteiger partial charge on any atom is 0.135 e. The van der Waals surface area contributed by atoms with Crippen LogP contribution in [0.3, 0.4) is 0 Å². The Kier molecular flexibility index (Phi) is 36.2. The van der Waals surface area contributed by atoms with Gasteiger partial charge in [0.05, 0.1) is 16.8 Å². The smallest absolute Gasteiger partial charge is 0.135 e. The molecule has 2 aliphatic rings. The largest absolute Gasteiger partial charge is 0.380 e. The summed E-state index contributed by atoms with van der Waals surface area (Å²) in [4.78, 5) is 11.3. The molecular weight excluding hydrogens is 694 g/mol. The highest BCUT2D eigenvalue weighted by molar-refractivity contribution is 6.33. The number of benzene rings is 2. The lowest BCUT2D eigenvalue weighted by Gasteiger charge is -2.27. The van der Waals surface area contributed by atoms with Crippen molar-refractivity contribution in [3.8, 4) is 0 Å². The van der Waals surface area contributed by atoms with Crippen molar-refractivity contribution in [2.75, 3.05) is 32.5 Å². The molecule has 0 spiro atoms. The van der Waals surface area contributed by atoms with E-state index in [0.29, 0.717) is 6.04 Å². The summed E-state index contributed by atoms with van der Waals surface area (Å²) in [6.45, 7) is 28.5. The van der Waals surface area contributed by atoms with Gasteiger partial charge in [-0.2, -0.15) is 0 Å². The van der Waals surface area contributed by atoms with Crippen molar-refractivity contribution >= 4 is 29.0 Å². The molecule has 1 aliphatic carbocycles. The molecule has 0 saturated carbocycles. The van der Waals surface area contributed by atoms with Crippen LogP contribution in [0.1, 0.15) is 158 Å². The SMILES string of the molecule is CC.CC.CC.CC1=NC2CC/C=C\C/C=C\2C(N(C)C)=N1.CCCCC(CC)CCC(CC)CNCCC.Cc1ccc(NCc2ccccc2)c(Cl)c1. The zero-order valence-corrected chi connectivity index (χ0v) is 39.0. The minimum absolute atomic E-state index is 0.305. The van der Waals surface area contributed by atoms with Gasteiger partial charge in [0.15, 0.2) is 0 Å². The second-order valence-electron chi connectivity index (χ2n) is 13.8. The number of halogens is 1. The summed E-state index contributed by atoms with van der Waals surface area (Å²) in [5, 5.41) is 7.67. The van der Waals surface area contributed by atoms with Crippen LogP contribution in [0.15, 0.2) is 82.3 Å². The predicted octanol–water partition coefficient (Wildman–Crippen LogP) is 14.8. The van der Waals surface area contributed by atoms with Crippen LogP contribution in [0.4, 0.5) is 5.69 Å². The van der Waals surface area contributed by atoms with Crippen molar-refractivity contribution in [1.29, 1.82) is 0 Å². The summed E-state index contributed by atoms with van der Waals surface area (Å²) in [6.07, 6.45) is 21.0. The van der Waals surface area contributed by atoms with E-state index >= 15 is 0 Å². The normalized spacial score (nSPS) is 16.6. The van der Waals surface area contributed by atoms with Crippen LogP contribution in [-0.2, 0) is 6.54 Å². The molecular formula is C49H86ClN5. The molecule has 1 heterocycles. The molecule has 0 aromatic heterocycles. The van der Waals surface area contributed by atoms with Gasteiger partial charge in [-0.05, 0) is 94.1 Å². The van der Waals surface area contributed by atoms with Crippen molar-refractivity contribution in [2.45, 2.75) is 166 Å². The maximum absolute atomic E-state index is 6.13. The number of amidine groups is 2. The first kappa shape index (κ1) is 54.2. The Morgan fingerprint density at radius 1 is 0.818 bits per heavy atom. The molecule has 2 aromatic carbocycles. The highest BCUT2D eigenvalue weighted by Crippen LogP contribution is 2.25. The summed E-state index contributed by atoms with van der Waals surface area (Å²) in [7, 11) is 4.09. The molecule has 2 aromatic rings. The molecule has 3 unspecified atom stereocenters. The Morgan fingerprint density at radius 3 is 2.05 bits per heavy atom. The number of hydrogen-bond donors (Lipinski definition) is 2. The van der Waals surface area contributed by atoms with Gasteiger partial charge in [-0.25, -0.2) is 4.99 Å². The number of nitrogens with one attached hydrogen (secondary N) is 2. The van der Waals surface area contributed by atoms with E-state index in [2.05, 4.69) is 89.6 Å². The molecule has 4 rings (SSSR count). The van der Waals surface area contributed by atoms with E-state index in [0.717, 1.165) is 60.0 Å². The lowest BCUT2D eigenvalue weighted by Crippen LogP contribution is -2.33.